The Morgan fingerprint density at radius 2 is 2.09 bits per heavy atom. The van der Waals surface area contributed by atoms with E-state index < -0.39 is 30.4 Å². The van der Waals surface area contributed by atoms with Crippen molar-refractivity contribution in [2.45, 2.75) is 37.3 Å². The van der Waals surface area contributed by atoms with Gasteiger partial charge in [0.25, 0.3) is 6.23 Å². The van der Waals surface area contributed by atoms with Crippen LogP contribution in [0.25, 0.3) is 0 Å². The molecule has 168 valence electrons. The highest BCUT2D eigenvalue weighted by atomic mass is 32.1. The zero-order valence-corrected chi connectivity index (χ0v) is 18.1. The van der Waals surface area contributed by atoms with Crippen LogP contribution in [0.5, 0.6) is 0 Å². The van der Waals surface area contributed by atoms with Crippen LogP contribution in [0, 0.1) is 0 Å². The zero-order valence-electron chi connectivity index (χ0n) is 17.3. The van der Waals surface area contributed by atoms with Crippen LogP contribution >= 0.6 is 11.3 Å². The molecule has 0 radical (unpaired) electrons. The molecule has 0 saturated carbocycles. The summed E-state index contributed by atoms with van der Waals surface area (Å²) in [5, 5.41) is 2.36. The summed E-state index contributed by atoms with van der Waals surface area (Å²) >= 11 is 1.35. The number of ether oxygens (including phenoxy) is 1. The molecule has 1 aromatic carbocycles. The summed E-state index contributed by atoms with van der Waals surface area (Å²) in [6.45, 7) is 0.851. The summed E-state index contributed by atoms with van der Waals surface area (Å²) in [4.78, 5) is 19.0. The quantitative estimate of drug-likeness (QED) is 0.575. The summed E-state index contributed by atoms with van der Waals surface area (Å²) in [6, 6.07) is 9.18. The fourth-order valence-corrected chi connectivity index (χ4v) is 5.14. The lowest BCUT2D eigenvalue weighted by Gasteiger charge is -2.26. The molecule has 32 heavy (non-hydrogen) atoms. The maximum absolute atomic E-state index is 14.9. The van der Waals surface area contributed by atoms with E-state index in [9.17, 15) is 13.6 Å². The van der Waals surface area contributed by atoms with Gasteiger partial charge in [0, 0.05) is 31.0 Å². The van der Waals surface area contributed by atoms with E-state index in [1.54, 1.807) is 0 Å². The highest BCUT2D eigenvalue weighted by Crippen LogP contribution is 2.43. The Kier molecular flexibility index (Phi) is 4.99. The number of benzene rings is 1. The van der Waals surface area contributed by atoms with Crippen molar-refractivity contribution in [3.63, 3.8) is 0 Å². The first-order valence-electron chi connectivity index (χ1n) is 10.2. The largest absolute Gasteiger partial charge is 0.501 e. The molecule has 3 aromatic rings. The Labute approximate surface area is 186 Å². The molecule has 4 N–H and O–H groups in total. The molecule has 5 rings (SSSR count). The maximum Gasteiger partial charge on any atom is 0.501 e. The van der Waals surface area contributed by atoms with E-state index in [-0.39, 0.29) is 18.4 Å². The number of nitrogens with two attached hydrogens (primary N) is 2. The summed E-state index contributed by atoms with van der Waals surface area (Å²) in [5.41, 5.74) is 13.9. The second kappa shape index (κ2) is 7.61. The first-order valence-corrected chi connectivity index (χ1v) is 11.1. The van der Waals surface area contributed by atoms with Crippen molar-refractivity contribution in [1.82, 2.24) is 14.5 Å². The number of nitrogen functional groups attached to an aromatic ring is 2. The topological polar surface area (TPSA) is 103 Å². The van der Waals surface area contributed by atoms with Gasteiger partial charge >= 0.3 is 11.6 Å². The van der Waals surface area contributed by atoms with Crippen molar-refractivity contribution in [3.8, 4) is 0 Å². The van der Waals surface area contributed by atoms with E-state index in [1.807, 2.05) is 29.6 Å². The van der Waals surface area contributed by atoms with Gasteiger partial charge in [-0.2, -0.15) is 22.7 Å². The van der Waals surface area contributed by atoms with E-state index in [4.69, 9.17) is 16.2 Å². The highest BCUT2D eigenvalue weighted by Gasteiger charge is 2.55. The van der Waals surface area contributed by atoms with Gasteiger partial charge in [0.15, 0.2) is 10.9 Å². The number of fused-ring (bicyclic) bond motifs is 1. The number of thiazole rings is 1. The molecule has 1 saturated heterocycles. The molecule has 1 fully saturated rings. The predicted molar refractivity (Wildman–Crippen MR) is 115 cm³/mol. The van der Waals surface area contributed by atoms with Gasteiger partial charge in [0.1, 0.15) is 6.20 Å². The second-order valence-corrected chi connectivity index (χ2v) is 9.10. The summed E-state index contributed by atoms with van der Waals surface area (Å²) in [5.74, 6) is -3.02. The Bertz CT molecular complexity index is 1230. The summed E-state index contributed by atoms with van der Waals surface area (Å²) in [7, 11) is 1.43. The number of alkyl halides is 2. The lowest BCUT2D eigenvalue weighted by Crippen LogP contribution is -2.60. The Morgan fingerprint density at radius 1 is 1.31 bits per heavy atom. The molecule has 2 aromatic heterocycles. The van der Waals surface area contributed by atoms with Crippen molar-refractivity contribution >= 4 is 22.3 Å². The van der Waals surface area contributed by atoms with Gasteiger partial charge < -0.3 is 16.2 Å². The minimum Gasteiger partial charge on any atom is -0.375 e. The minimum atomic E-state index is -3.20. The fourth-order valence-electron chi connectivity index (χ4n) is 4.56. The fraction of sp³-hybridized carbons (Fsp3) is 0.381. The monoisotopic (exact) mass is 461 g/mol. The number of aromatic nitrogens is 3. The molecule has 11 heteroatoms. The first-order chi connectivity index (χ1) is 15.2. The van der Waals surface area contributed by atoms with Crippen molar-refractivity contribution in [3.05, 3.63) is 69.2 Å². The molecular formula is C21H23F2N6O2S+. The molecule has 2 aliphatic heterocycles. The Morgan fingerprint density at radius 3 is 2.84 bits per heavy atom. The number of hydrogen-bond donors (Lipinski definition) is 2. The lowest BCUT2D eigenvalue weighted by atomic mass is 10.0. The van der Waals surface area contributed by atoms with Gasteiger partial charge in [-0.15, -0.1) is 11.3 Å². The van der Waals surface area contributed by atoms with Crippen molar-refractivity contribution in [2.24, 2.45) is 7.05 Å². The molecule has 3 atom stereocenters. The normalized spacial score (nSPS) is 24.7. The molecule has 8 nitrogen and oxygen atoms in total. The third kappa shape index (κ3) is 3.46. The average Bonchev–Trinajstić information content (AvgIpc) is 3.41. The predicted octanol–water partition coefficient (Wildman–Crippen LogP) is 1.82. The molecule has 3 unspecified atom stereocenters. The van der Waals surface area contributed by atoms with Crippen molar-refractivity contribution in [1.29, 1.82) is 0 Å². The standard InChI is InChI=1S/C21H22F2N6O2S/c1-27-16(24)6-7-29(20(27)30)18-21(22,23)8-13(31-18)10-28-9-12-4-2-3-5-14(12)17(28)15-11-32-19(25)26-15/h2-7,11,13,17-18,24H,8-10H2,1H3,(H2,25,26)/p+1. The maximum atomic E-state index is 14.9. The van der Waals surface area contributed by atoms with Gasteiger partial charge in [-0.25, -0.2) is 4.98 Å². The summed E-state index contributed by atoms with van der Waals surface area (Å²) < 4.78 is 37.7. The van der Waals surface area contributed by atoms with Crippen LogP contribution in [0.2, 0.25) is 0 Å². The Balaban J connectivity index is 1.42. The summed E-state index contributed by atoms with van der Waals surface area (Å²) in [6.07, 6.45) is -1.69. The molecule has 0 spiro atoms. The van der Waals surface area contributed by atoms with Gasteiger partial charge in [-0.3, -0.25) is 4.90 Å². The third-order valence-corrected chi connectivity index (χ3v) is 6.77. The van der Waals surface area contributed by atoms with Gasteiger partial charge in [0.2, 0.25) is 0 Å². The van der Waals surface area contributed by atoms with Crippen LogP contribution in [-0.4, -0.2) is 33.0 Å². The number of anilines is 2. The number of halogens is 2. The molecule has 4 heterocycles. The van der Waals surface area contributed by atoms with E-state index >= 15 is 0 Å². The van der Waals surface area contributed by atoms with Crippen LogP contribution in [0.3, 0.4) is 0 Å². The molecule has 0 bridgehead atoms. The van der Waals surface area contributed by atoms with Crippen molar-refractivity contribution in [2.75, 3.05) is 18.0 Å². The van der Waals surface area contributed by atoms with Crippen LogP contribution < -0.4 is 21.7 Å². The van der Waals surface area contributed by atoms with Crippen molar-refractivity contribution < 1.29 is 18.1 Å². The first kappa shape index (κ1) is 21.0. The van der Waals surface area contributed by atoms with Gasteiger partial charge in [-0.1, -0.05) is 24.3 Å². The van der Waals surface area contributed by atoms with Crippen LogP contribution in [-0.2, 0) is 18.3 Å². The molecule has 0 amide bonds. The average molecular weight is 462 g/mol. The SMILES string of the molecule is Cn1c(N)cc[n+](C2OC(CN3Cc4ccccc4C3c3csc(N)n3)CC2(F)F)c1=O. The zero-order chi connectivity index (χ0) is 22.6. The van der Waals surface area contributed by atoms with E-state index in [2.05, 4.69) is 9.88 Å². The minimum absolute atomic E-state index is 0.185. The van der Waals surface area contributed by atoms with E-state index in [0.717, 1.165) is 26.0 Å². The molecular weight excluding hydrogens is 438 g/mol. The third-order valence-electron chi connectivity index (χ3n) is 6.08. The number of rotatable bonds is 4. The van der Waals surface area contributed by atoms with E-state index in [1.165, 1.54) is 30.6 Å². The highest BCUT2D eigenvalue weighted by molar-refractivity contribution is 7.13. The van der Waals surface area contributed by atoms with Crippen LogP contribution in [0.4, 0.5) is 19.7 Å². The van der Waals surface area contributed by atoms with E-state index in [0.29, 0.717) is 11.7 Å². The second-order valence-electron chi connectivity index (χ2n) is 8.21. The number of hydrogen-bond acceptors (Lipinski definition) is 7. The van der Waals surface area contributed by atoms with Crippen LogP contribution in [0.1, 0.15) is 35.5 Å². The Hall–Kier alpha value is -2.89. The molecule has 0 aliphatic carbocycles. The number of nitrogens with zero attached hydrogens (tertiary/aromatic N) is 4. The smallest absolute Gasteiger partial charge is 0.375 e. The van der Waals surface area contributed by atoms with Gasteiger partial charge in [-0.05, 0) is 11.1 Å². The lowest BCUT2D eigenvalue weighted by molar-refractivity contribution is -0.789. The van der Waals surface area contributed by atoms with Crippen LogP contribution in [0.15, 0.2) is 46.7 Å². The van der Waals surface area contributed by atoms with Gasteiger partial charge in [0.05, 0.1) is 24.9 Å². The molecule has 2 aliphatic rings.